The molecule has 0 aliphatic heterocycles. The third-order valence-electron chi connectivity index (χ3n) is 5.64. The summed E-state index contributed by atoms with van der Waals surface area (Å²) in [6.07, 6.45) is 5.19. The number of para-hydroxylation sites is 1. The lowest BCUT2D eigenvalue weighted by molar-refractivity contribution is -0.152. The van der Waals surface area contributed by atoms with Crippen molar-refractivity contribution in [3.63, 3.8) is 0 Å². The standard InChI is InChI=1S/C18H19NO3/c1-9-4-2-3-5-14(9)19-17(20)15-10-6-7-11(13-8-12(10)13)16(15)18(21)22/h2-7,10-13,15-16H,8H2,1H3,(H,19,20)(H,21,22)/t10-,11+,12-,13+,15-,16+/m1/s1. The van der Waals surface area contributed by atoms with Crippen LogP contribution < -0.4 is 5.32 Å². The van der Waals surface area contributed by atoms with Crippen LogP contribution in [0.5, 0.6) is 0 Å². The van der Waals surface area contributed by atoms with Gasteiger partial charge in [0.1, 0.15) is 0 Å². The second kappa shape index (κ2) is 4.70. The molecular formula is C18H19NO3. The second-order valence-corrected chi connectivity index (χ2v) is 6.80. The van der Waals surface area contributed by atoms with Gasteiger partial charge in [-0.25, -0.2) is 0 Å². The molecule has 1 aromatic carbocycles. The molecule has 2 N–H and O–H groups in total. The molecule has 2 bridgehead atoms. The quantitative estimate of drug-likeness (QED) is 0.843. The molecule has 4 aliphatic rings. The number of carboxylic acid groups (broad SMARTS) is 1. The predicted molar refractivity (Wildman–Crippen MR) is 82.1 cm³/mol. The van der Waals surface area contributed by atoms with Crippen molar-refractivity contribution in [2.75, 3.05) is 5.32 Å². The van der Waals surface area contributed by atoms with Crippen LogP contribution in [0.15, 0.2) is 36.4 Å². The van der Waals surface area contributed by atoms with E-state index < -0.39 is 17.8 Å². The third-order valence-corrected chi connectivity index (χ3v) is 5.64. The van der Waals surface area contributed by atoms with Crippen LogP contribution >= 0.6 is 0 Å². The van der Waals surface area contributed by atoms with E-state index in [1.165, 1.54) is 0 Å². The Kier molecular flexibility index (Phi) is 2.90. The molecule has 0 unspecified atom stereocenters. The van der Waals surface area contributed by atoms with Gasteiger partial charge >= 0.3 is 5.97 Å². The number of aryl methyl sites for hydroxylation is 1. The molecule has 0 aromatic heterocycles. The molecule has 1 amide bonds. The monoisotopic (exact) mass is 297 g/mol. The molecule has 2 saturated carbocycles. The van der Waals surface area contributed by atoms with Gasteiger partial charge in [0.15, 0.2) is 0 Å². The Morgan fingerprint density at radius 1 is 1.09 bits per heavy atom. The van der Waals surface area contributed by atoms with Crippen molar-refractivity contribution in [3.05, 3.63) is 42.0 Å². The summed E-state index contributed by atoms with van der Waals surface area (Å²) in [6, 6.07) is 7.60. The number of carbonyl (C=O) groups is 2. The third kappa shape index (κ3) is 1.90. The molecule has 0 heterocycles. The number of allylic oxidation sites excluding steroid dienone is 2. The number of carboxylic acids is 1. The Bertz CT molecular complexity index is 681. The predicted octanol–water partition coefficient (Wildman–Crippen LogP) is 2.70. The topological polar surface area (TPSA) is 66.4 Å². The minimum Gasteiger partial charge on any atom is -0.481 e. The molecule has 22 heavy (non-hydrogen) atoms. The van der Waals surface area contributed by atoms with Crippen LogP contribution in [0.2, 0.25) is 0 Å². The van der Waals surface area contributed by atoms with Gasteiger partial charge < -0.3 is 10.4 Å². The zero-order valence-electron chi connectivity index (χ0n) is 12.4. The minimum atomic E-state index is -0.838. The number of amides is 1. The van der Waals surface area contributed by atoms with Crippen LogP contribution in [0, 0.1) is 42.4 Å². The van der Waals surface area contributed by atoms with E-state index in [0.29, 0.717) is 11.8 Å². The number of hydrogen-bond acceptors (Lipinski definition) is 2. The number of carbonyl (C=O) groups excluding carboxylic acids is 1. The second-order valence-electron chi connectivity index (χ2n) is 6.80. The van der Waals surface area contributed by atoms with Crippen molar-refractivity contribution in [3.8, 4) is 0 Å². The Balaban J connectivity index is 1.63. The van der Waals surface area contributed by atoms with Gasteiger partial charge in [-0.3, -0.25) is 9.59 Å². The fourth-order valence-electron chi connectivity index (χ4n) is 4.50. The summed E-state index contributed by atoms with van der Waals surface area (Å²) in [4.78, 5) is 24.5. The molecule has 0 saturated heterocycles. The summed E-state index contributed by atoms with van der Waals surface area (Å²) in [5, 5.41) is 12.6. The maximum absolute atomic E-state index is 12.8. The van der Waals surface area contributed by atoms with E-state index in [1.807, 2.05) is 37.3 Å². The molecular weight excluding hydrogens is 278 g/mol. The summed E-state index contributed by atoms with van der Waals surface area (Å²) < 4.78 is 0. The van der Waals surface area contributed by atoms with E-state index in [0.717, 1.165) is 17.7 Å². The largest absolute Gasteiger partial charge is 0.481 e. The SMILES string of the molecule is Cc1ccccc1NC(=O)[C@@H]1[C@@H]2C=C[C@@H]([C@@H]3C[C@H]23)[C@@H]1C(=O)O. The van der Waals surface area contributed by atoms with Gasteiger partial charge in [-0.2, -0.15) is 0 Å². The lowest BCUT2D eigenvalue weighted by Crippen LogP contribution is -2.48. The molecule has 4 aliphatic carbocycles. The first kappa shape index (κ1) is 13.6. The maximum atomic E-state index is 12.8. The van der Waals surface area contributed by atoms with Crippen LogP contribution in [-0.2, 0) is 9.59 Å². The smallest absolute Gasteiger partial charge is 0.307 e. The summed E-state index contributed by atoms with van der Waals surface area (Å²) in [5.74, 6) is -0.906. The van der Waals surface area contributed by atoms with Crippen molar-refractivity contribution in [1.82, 2.24) is 0 Å². The van der Waals surface area contributed by atoms with Gasteiger partial charge in [-0.15, -0.1) is 0 Å². The Hall–Kier alpha value is -2.10. The van der Waals surface area contributed by atoms with Crippen LogP contribution in [0.4, 0.5) is 5.69 Å². The average molecular weight is 297 g/mol. The van der Waals surface area contributed by atoms with Gasteiger partial charge in [-0.1, -0.05) is 30.4 Å². The first-order valence-electron chi connectivity index (χ1n) is 7.85. The fourth-order valence-corrected chi connectivity index (χ4v) is 4.50. The summed E-state index contributed by atoms with van der Waals surface area (Å²) >= 11 is 0. The molecule has 2 fully saturated rings. The number of rotatable bonds is 3. The Morgan fingerprint density at radius 3 is 2.36 bits per heavy atom. The van der Waals surface area contributed by atoms with Crippen molar-refractivity contribution >= 4 is 17.6 Å². The zero-order valence-corrected chi connectivity index (χ0v) is 12.4. The van der Waals surface area contributed by atoms with E-state index in [9.17, 15) is 14.7 Å². The van der Waals surface area contributed by atoms with Gasteiger partial charge in [0, 0.05) is 5.69 Å². The lowest BCUT2D eigenvalue weighted by atomic mass is 9.62. The number of fused-ring (bicyclic) bond motifs is 1. The number of hydrogen-bond donors (Lipinski definition) is 2. The van der Waals surface area contributed by atoms with Gasteiger partial charge in [0.25, 0.3) is 0 Å². The molecule has 114 valence electrons. The number of anilines is 1. The molecule has 4 heteroatoms. The van der Waals surface area contributed by atoms with Gasteiger partial charge in [0.05, 0.1) is 11.8 Å². The highest BCUT2D eigenvalue weighted by atomic mass is 16.4. The molecule has 6 atom stereocenters. The van der Waals surface area contributed by atoms with Gasteiger partial charge in [0.2, 0.25) is 5.91 Å². The van der Waals surface area contributed by atoms with E-state index in [4.69, 9.17) is 0 Å². The summed E-state index contributed by atoms with van der Waals surface area (Å²) in [5.41, 5.74) is 1.76. The van der Waals surface area contributed by atoms with Crippen LogP contribution in [0.3, 0.4) is 0 Å². The highest BCUT2D eigenvalue weighted by Crippen LogP contribution is 2.63. The van der Waals surface area contributed by atoms with E-state index in [-0.39, 0.29) is 17.7 Å². The highest BCUT2D eigenvalue weighted by molar-refractivity contribution is 5.96. The zero-order chi connectivity index (χ0) is 15.4. The number of benzene rings is 1. The fraction of sp³-hybridized carbons (Fsp3) is 0.444. The minimum absolute atomic E-state index is 0.0279. The lowest BCUT2D eigenvalue weighted by Gasteiger charge is -2.41. The van der Waals surface area contributed by atoms with E-state index in [1.54, 1.807) is 0 Å². The van der Waals surface area contributed by atoms with Gasteiger partial charge in [-0.05, 0) is 48.6 Å². The van der Waals surface area contributed by atoms with Crippen LogP contribution in [0.25, 0.3) is 0 Å². The van der Waals surface area contributed by atoms with Crippen molar-refractivity contribution < 1.29 is 14.7 Å². The van der Waals surface area contributed by atoms with E-state index >= 15 is 0 Å². The first-order valence-corrected chi connectivity index (χ1v) is 7.85. The molecule has 0 radical (unpaired) electrons. The van der Waals surface area contributed by atoms with Crippen molar-refractivity contribution in [1.29, 1.82) is 0 Å². The number of nitrogens with one attached hydrogen (secondary N) is 1. The number of aliphatic carboxylic acids is 1. The molecule has 4 nitrogen and oxygen atoms in total. The molecule has 0 spiro atoms. The normalized spacial score (nSPS) is 37.5. The highest BCUT2D eigenvalue weighted by Gasteiger charge is 2.62. The average Bonchev–Trinajstić information content (AvgIpc) is 3.30. The Morgan fingerprint density at radius 2 is 1.73 bits per heavy atom. The van der Waals surface area contributed by atoms with Crippen LogP contribution in [0.1, 0.15) is 12.0 Å². The molecule has 1 aromatic rings. The summed E-state index contributed by atoms with van der Waals surface area (Å²) in [7, 11) is 0. The van der Waals surface area contributed by atoms with Crippen LogP contribution in [-0.4, -0.2) is 17.0 Å². The molecule has 5 rings (SSSR count). The van der Waals surface area contributed by atoms with Crippen molar-refractivity contribution in [2.45, 2.75) is 13.3 Å². The van der Waals surface area contributed by atoms with Crippen molar-refractivity contribution in [2.24, 2.45) is 35.5 Å². The first-order chi connectivity index (χ1) is 10.6. The maximum Gasteiger partial charge on any atom is 0.307 e. The summed E-state index contributed by atoms with van der Waals surface area (Å²) in [6.45, 7) is 1.94. The van der Waals surface area contributed by atoms with E-state index in [2.05, 4.69) is 11.4 Å². The Labute approximate surface area is 129 Å².